The number of rotatable bonds is 5. The summed E-state index contributed by atoms with van der Waals surface area (Å²) >= 11 is 12.2. The minimum absolute atomic E-state index is 0.00988. The lowest BCUT2D eigenvalue weighted by Crippen LogP contribution is -2.49. The Morgan fingerprint density at radius 1 is 1.18 bits per heavy atom. The summed E-state index contributed by atoms with van der Waals surface area (Å²) in [7, 11) is 0. The van der Waals surface area contributed by atoms with Crippen LogP contribution < -0.4 is 0 Å². The predicted molar refractivity (Wildman–Crippen MR) is 113 cm³/mol. The van der Waals surface area contributed by atoms with E-state index in [4.69, 9.17) is 23.2 Å². The Bertz CT molecular complexity index is 865. The van der Waals surface area contributed by atoms with Crippen molar-refractivity contribution in [2.45, 2.75) is 44.7 Å². The van der Waals surface area contributed by atoms with Gasteiger partial charge in [-0.25, -0.2) is 4.39 Å². The van der Waals surface area contributed by atoms with Gasteiger partial charge in [-0.1, -0.05) is 47.5 Å². The largest absolute Gasteiger partial charge is 0.332 e. The lowest BCUT2D eigenvalue weighted by atomic mass is 9.74. The van der Waals surface area contributed by atoms with Crippen molar-refractivity contribution in [3.05, 3.63) is 82.1 Å². The Balaban J connectivity index is 2.14. The Kier molecular flexibility index (Phi) is 6.47. The minimum Gasteiger partial charge on any atom is -0.332 e. The van der Waals surface area contributed by atoms with Gasteiger partial charge in [-0.2, -0.15) is 0 Å². The molecule has 1 saturated heterocycles. The van der Waals surface area contributed by atoms with Gasteiger partial charge in [-0.3, -0.25) is 4.79 Å². The molecule has 2 aromatic rings. The number of hydrogen-bond acceptors (Lipinski definition) is 1. The maximum atomic E-state index is 13.8. The lowest BCUT2D eigenvalue weighted by Gasteiger charge is -2.47. The molecule has 148 valence electrons. The molecular formula is C23H24Cl2FNO. The van der Waals surface area contributed by atoms with Gasteiger partial charge in [0.2, 0.25) is 5.91 Å². The predicted octanol–water partition coefficient (Wildman–Crippen LogP) is 6.79. The first-order valence-electron chi connectivity index (χ1n) is 9.47. The highest BCUT2D eigenvalue weighted by Crippen LogP contribution is 2.47. The number of carbonyl (C=O) groups is 1. The first-order valence-corrected chi connectivity index (χ1v) is 10.2. The molecule has 5 heteroatoms. The number of piperidine rings is 1. The van der Waals surface area contributed by atoms with Crippen molar-refractivity contribution >= 4 is 29.1 Å². The summed E-state index contributed by atoms with van der Waals surface area (Å²) in [5.41, 5.74) is 1.94. The van der Waals surface area contributed by atoms with E-state index in [2.05, 4.69) is 6.58 Å². The monoisotopic (exact) mass is 419 g/mol. The summed E-state index contributed by atoms with van der Waals surface area (Å²) in [6, 6.07) is 12.3. The molecule has 0 bridgehead atoms. The number of hydrogen-bond donors (Lipinski definition) is 0. The summed E-state index contributed by atoms with van der Waals surface area (Å²) in [5.74, 6) is -0.482. The molecule has 0 spiro atoms. The molecule has 1 aliphatic heterocycles. The van der Waals surface area contributed by atoms with Crippen LogP contribution in [0.5, 0.6) is 0 Å². The van der Waals surface area contributed by atoms with Crippen LogP contribution in [0.25, 0.3) is 0 Å². The molecule has 0 saturated carbocycles. The number of halogens is 3. The molecule has 0 aliphatic carbocycles. The second-order valence-corrected chi connectivity index (χ2v) is 8.42. The van der Waals surface area contributed by atoms with Crippen molar-refractivity contribution in [2.75, 3.05) is 0 Å². The zero-order valence-corrected chi connectivity index (χ0v) is 17.6. The molecule has 2 nitrogen and oxygen atoms in total. The topological polar surface area (TPSA) is 20.3 Å². The molecule has 3 atom stereocenters. The van der Waals surface area contributed by atoms with Crippen LogP contribution in [-0.2, 0) is 4.79 Å². The average Bonchev–Trinajstić information content (AvgIpc) is 2.66. The fourth-order valence-corrected chi connectivity index (χ4v) is 4.48. The lowest BCUT2D eigenvalue weighted by molar-refractivity contribution is -0.145. The average molecular weight is 420 g/mol. The first-order chi connectivity index (χ1) is 13.3. The highest BCUT2D eigenvalue weighted by Gasteiger charge is 2.43. The van der Waals surface area contributed by atoms with Crippen LogP contribution in [-0.4, -0.2) is 16.8 Å². The molecule has 0 radical (unpaired) electrons. The Labute approximate surface area is 176 Å². The van der Waals surface area contributed by atoms with Crippen LogP contribution in [0.1, 0.15) is 49.8 Å². The maximum Gasteiger partial charge on any atom is 0.226 e. The van der Waals surface area contributed by atoms with E-state index < -0.39 is 5.82 Å². The number of nitrogens with zero attached hydrogens (tertiary/aromatic N) is 1. The van der Waals surface area contributed by atoms with E-state index in [0.29, 0.717) is 17.9 Å². The molecule has 0 aromatic heterocycles. The zero-order chi connectivity index (χ0) is 20.4. The van der Waals surface area contributed by atoms with E-state index in [1.165, 1.54) is 6.07 Å². The highest BCUT2D eigenvalue weighted by atomic mass is 35.5. The fourth-order valence-electron chi connectivity index (χ4n) is 4.17. The normalized spacial score (nSPS) is 22.6. The third-order valence-electron chi connectivity index (χ3n) is 5.41. The quantitative estimate of drug-likeness (QED) is 0.488. The molecular weight excluding hydrogens is 396 g/mol. The van der Waals surface area contributed by atoms with E-state index in [-0.39, 0.29) is 34.8 Å². The Morgan fingerprint density at radius 3 is 2.39 bits per heavy atom. The van der Waals surface area contributed by atoms with Gasteiger partial charge in [0.15, 0.2) is 0 Å². The molecule has 1 amide bonds. The minimum atomic E-state index is -0.441. The molecule has 0 N–H and O–H groups in total. The molecule has 28 heavy (non-hydrogen) atoms. The summed E-state index contributed by atoms with van der Waals surface area (Å²) in [5, 5.41) is 0.744. The Morgan fingerprint density at radius 2 is 1.82 bits per heavy atom. The van der Waals surface area contributed by atoms with Gasteiger partial charge in [0.25, 0.3) is 0 Å². The Hall–Kier alpha value is -1.84. The number of likely N-dealkylation sites (tertiary alicyclic amines) is 1. The van der Waals surface area contributed by atoms with Crippen LogP contribution in [0, 0.1) is 11.7 Å². The van der Waals surface area contributed by atoms with E-state index in [1.54, 1.807) is 18.2 Å². The molecule has 1 fully saturated rings. The smallest absolute Gasteiger partial charge is 0.226 e. The van der Waals surface area contributed by atoms with E-state index in [9.17, 15) is 9.18 Å². The number of carbonyl (C=O) groups excluding carboxylic acids is 1. The number of benzene rings is 2. The number of amides is 1. The van der Waals surface area contributed by atoms with Gasteiger partial charge < -0.3 is 4.90 Å². The second-order valence-electron chi connectivity index (χ2n) is 7.57. The second kappa shape index (κ2) is 8.67. The van der Waals surface area contributed by atoms with Crippen molar-refractivity contribution in [1.29, 1.82) is 0 Å². The van der Waals surface area contributed by atoms with Crippen LogP contribution in [0.3, 0.4) is 0 Å². The SMILES string of the molecule is C=CC[C@H]1C[C@H](c2ccc(F)c(Cl)c2)[C@@H](c2ccc(Cl)cc2)N(C(C)C)C1=O. The third-order valence-corrected chi connectivity index (χ3v) is 5.96. The highest BCUT2D eigenvalue weighted by molar-refractivity contribution is 6.31. The molecule has 2 aromatic carbocycles. The van der Waals surface area contributed by atoms with Crippen molar-refractivity contribution < 1.29 is 9.18 Å². The zero-order valence-electron chi connectivity index (χ0n) is 16.0. The fraction of sp³-hybridized carbons (Fsp3) is 0.348. The molecule has 3 rings (SSSR count). The summed E-state index contributed by atoms with van der Waals surface area (Å²) in [6.07, 6.45) is 3.06. The van der Waals surface area contributed by atoms with Crippen LogP contribution in [0.2, 0.25) is 10.0 Å². The van der Waals surface area contributed by atoms with Gasteiger partial charge in [-0.05, 0) is 62.1 Å². The van der Waals surface area contributed by atoms with E-state index in [1.807, 2.05) is 43.0 Å². The summed E-state index contributed by atoms with van der Waals surface area (Å²) in [4.78, 5) is 15.2. The number of allylic oxidation sites excluding steroid dienone is 1. The standard InChI is InChI=1S/C23H24Cl2FNO/c1-4-5-17-12-19(16-8-11-21(26)20(25)13-16)22(27(14(2)3)23(17)28)15-6-9-18(24)10-7-15/h4,6-11,13-14,17,19,22H,1,5,12H2,2-3H3/t17-,19+,22+/m0/s1. The van der Waals surface area contributed by atoms with E-state index in [0.717, 1.165) is 11.1 Å². The van der Waals surface area contributed by atoms with Gasteiger partial charge in [0.1, 0.15) is 5.82 Å². The van der Waals surface area contributed by atoms with Crippen molar-refractivity contribution in [1.82, 2.24) is 4.90 Å². The molecule has 1 heterocycles. The third kappa shape index (κ3) is 4.11. The van der Waals surface area contributed by atoms with Gasteiger partial charge in [0.05, 0.1) is 11.1 Å². The van der Waals surface area contributed by atoms with Crippen molar-refractivity contribution in [3.8, 4) is 0 Å². The summed E-state index contributed by atoms with van der Waals surface area (Å²) in [6.45, 7) is 7.85. The summed E-state index contributed by atoms with van der Waals surface area (Å²) < 4.78 is 13.8. The molecule has 0 unspecified atom stereocenters. The molecule has 1 aliphatic rings. The van der Waals surface area contributed by atoms with Crippen molar-refractivity contribution in [2.24, 2.45) is 5.92 Å². The van der Waals surface area contributed by atoms with Crippen LogP contribution in [0.15, 0.2) is 55.1 Å². The van der Waals surface area contributed by atoms with Gasteiger partial charge in [-0.15, -0.1) is 6.58 Å². The van der Waals surface area contributed by atoms with Crippen LogP contribution >= 0.6 is 23.2 Å². The first kappa shape index (κ1) is 20.9. The van der Waals surface area contributed by atoms with E-state index >= 15 is 0 Å². The van der Waals surface area contributed by atoms with Crippen molar-refractivity contribution in [3.63, 3.8) is 0 Å². The van der Waals surface area contributed by atoms with Gasteiger partial charge in [0, 0.05) is 22.9 Å². The van der Waals surface area contributed by atoms with Crippen LogP contribution in [0.4, 0.5) is 4.39 Å². The van der Waals surface area contributed by atoms with Gasteiger partial charge >= 0.3 is 0 Å². The maximum absolute atomic E-state index is 13.8.